The zero-order valence-electron chi connectivity index (χ0n) is 16.4. The van der Waals surface area contributed by atoms with Gasteiger partial charge in [-0.05, 0) is 43.9 Å². The van der Waals surface area contributed by atoms with E-state index in [9.17, 15) is 15.2 Å². The number of imidazole rings is 1. The minimum Gasteiger partial charge on any atom is -0.495 e. The van der Waals surface area contributed by atoms with E-state index in [0.717, 1.165) is 0 Å². The van der Waals surface area contributed by atoms with Crippen molar-refractivity contribution in [1.29, 1.82) is 5.26 Å². The highest BCUT2D eigenvalue weighted by molar-refractivity contribution is 6.32. The van der Waals surface area contributed by atoms with Crippen molar-refractivity contribution in [3.8, 4) is 17.6 Å². The van der Waals surface area contributed by atoms with Gasteiger partial charge in [-0.2, -0.15) is 5.26 Å². The van der Waals surface area contributed by atoms with Crippen LogP contribution < -0.4 is 15.2 Å². The molecule has 4 rings (SSSR count). The second-order valence-electron chi connectivity index (χ2n) is 7.29. The Labute approximate surface area is 177 Å². The number of benzene rings is 1. The van der Waals surface area contributed by atoms with Crippen LogP contribution in [-0.4, -0.2) is 32.4 Å². The van der Waals surface area contributed by atoms with E-state index >= 15 is 0 Å². The molecule has 8 nitrogen and oxygen atoms in total. The molecular weight excluding hydrogens is 408 g/mol. The van der Waals surface area contributed by atoms with Crippen LogP contribution in [0.3, 0.4) is 0 Å². The Morgan fingerprint density at radius 3 is 2.73 bits per heavy atom. The van der Waals surface area contributed by atoms with E-state index in [4.69, 9.17) is 21.1 Å². The molecule has 1 fully saturated rings. The number of rotatable bonds is 5. The minimum absolute atomic E-state index is 0.0551. The van der Waals surface area contributed by atoms with Crippen molar-refractivity contribution in [2.24, 2.45) is 0 Å². The molecule has 30 heavy (non-hydrogen) atoms. The number of aromatic nitrogens is 3. The highest BCUT2D eigenvalue weighted by Crippen LogP contribution is 2.31. The van der Waals surface area contributed by atoms with Crippen molar-refractivity contribution < 1.29 is 14.6 Å². The molecule has 2 heterocycles. The molecule has 1 aliphatic carbocycles. The third kappa shape index (κ3) is 3.74. The summed E-state index contributed by atoms with van der Waals surface area (Å²) in [5, 5.41) is 19.5. The first-order valence-corrected chi connectivity index (χ1v) is 10.0. The van der Waals surface area contributed by atoms with E-state index in [-0.39, 0.29) is 24.6 Å². The number of fused-ring (bicyclic) bond motifs is 1. The standard InChI is InChI=1S/C21H21ClN4O4/c1-29-19-7-6-16(9-17(19)22)30-12-25-18-8-13(10-23)11-24-20(18)26(21(25)28)14-2-4-15(27)5-3-14/h6-9,11,14-15,27H,2-5,12H2,1H3. The fraction of sp³-hybridized carbons (Fsp3) is 0.381. The zero-order chi connectivity index (χ0) is 21.3. The average molecular weight is 429 g/mol. The van der Waals surface area contributed by atoms with Gasteiger partial charge in [-0.25, -0.2) is 9.78 Å². The molecule has 0 saturated heterocycles. The third-order valence-electron chi connectivity index (χ3n) is 5.45. The Balaban J connectivity index is 1.71. The first-order valence-electron chi connectivity index (χ1n) is 9.67. The molecule has 0 radical (unpaired) electrons. The lowest BCUT2D eigenvalue weighted by Gasteiger charge is -2.26. The number of aliphatic hydroxyl groups is 1. The van der Waals surface area contributed by atoms with Gasteiger partial charge in [0.15, 0.2) is 12.4 Å². The normalized spacial score (nSPS) is 18.9. The monoisotopic (exact) mass is 428 g/mol. The van der Waals surface area contributed by atoms with Gasteiger partial charge in [-0.1, -0.05) is 11.6 Å². The highest BCUT2D eigenvalue weighted by Gasteiger charge is 2.26. The smallest absolute Gasteiger partial charge is 0.333 e. The fourth-order valence-corrected chi connectivity index (χ4v) is 4.11. The Hall–Kier alpha value is -3.02. The Morgan fingerprint density at radius 2 is 2.07 bits per heavy atom. The number of aliphatic hydroxyl groups excluding tert-OH is 1. The molecule has 0 spiro atoms. The van der Waals surface area contributed by atoms with Gasteiger partial charge in [0, 0.05) is 18.3 Å². The summed E-state index contributed by atoms with van der Waals surface area (Å²) in [6.07, 6.45) is 3.80. The summed E-state index contributed by atoms with van der Waals surface area (Å²) in [5.74, 6) is 1.01. The number of pyridine rings is 1. The van der Waals surface area contributed by atoms with Crippen LogP contribution in [0.2, 0.25) is 5.02 Å². The number of nitrogens with zero attached hydrogens (tertiary/aromatic N) is 4. The lowest BCUT2D eigenvalue weighted by atomic mass is 9.93. The van der Waals surface area contributed by atoms with Crippen LogP contribution in [-0.2, 0) is 6.73 Å². The van der Waals surface area contributed by atoms with Crippen LogP contribution in [0, 0.1) is 11.3 Å². The van der Waals surface area contributed by atoms with Crippen molar-refractivity contribution in [2.45, 2.75) is 44.6 Å². The number of nitriles is 1. The van der Waals surface area contributed by atoms with Crippen molar-refractivity contribution in [3.05, 3.63) is 51.5 Å². The number of methoxy groups -OCH3 is 1. The van der Waals surface area contributed by atoms with Crippen molar-refractivity contribution >= 4 is 22.8 Å². The lowest BCUT2D eigenvalue weighted by Crippen LogP contribution is -2.31. The predicted octanol–water partition coefficient (Wildman–Crippen LogP) is 3.24. The van der Waals surface area contributed by atoms with E-state index < -0.39 is 0 Å². The third-order valence-corrected chi connectivity index (χ3v) is 5.74. The molecule has 0 aliphatic heterocycles. The summed E-state index contributed by atoms with van der Waals surface area (Å²) in [4.78, 5) is 17.7. The molecule has 0 amide bonds. The van der Waals surface area contributed by atoms with Gasteiger partial charge in [-0.3, -0.25) is 9.13 Å². The van der Waals surface area contributed by atoms with Gasteiger partial charge in [-0.15, -0.1) is 0 Å². The van der Waals surface area contributed by atoms with Gasteiger partial charge in [0.2, 0.25) is 0 Å². The van der Waals surface area contributed by atoms with E-state index in [2.05, 4.69) is 11.1 Å². The van der Waals surface area contributed by atoms with Crippen LogP contribution in [0.25, 0.3) is 11.2 Å². The molecule has 2 aromatic heterocycles. The van der Waals surface area contributed by atoms with Gasteiger partial charge >= 0.3 is 5.69 Å². The van der Waals surface area contributed by atoms with Gasteiger partial charge in [0.25, 0.3) is 0 Å². The number of hydrogen-bond acceptors (Lipinski definition) is 6. The Kier molecular flexibility index (Phi) is 5.66. The molecule has 1 N–H and O–H groups in total. The van der Waals surface area contributed by atoms with Gasteiger partial charge in [0.1, 0.15) is 17.6 Å². The fourth-order valence-electron chi connectivity index (χ4n) is 3.86. The molecule has 156 valence electrons. The molecule has 9 heteroatoms. The quantitative estimate of drug-likeness (QED) is 0.669. The summed E-state index contributed by atoms with van der Waals surface area (Å²) in [6, 6.07) is 8.66. The maximum atomic E-state index is 13.3. The van der Waals surface area contributed by atoms with Crippen LogP contribution in [0.5, 0.6) is 11.5 Å². The van der Waals surface area contributed by atoms with Crippen LogP contribution in [0.4, 0.5) is 0 Å². The lowest BCUT2D eigenvalue weighted by molar-refractivity contribution is 0.110. The Morgan fingerprint density at radius 1 is 1.30 bits per heavy atom. The van der Waals surface area contributed by atoms with Crippen molar-refractivity contribution in [1.82, 2.24) is 14.1 Å². The van der Waals surface area contributed by atoms with E-state index in [0.29, 0.717) is 58.9 Å². The molecule has 1 aromatic carbocycles. The van der Waals surface area contributed by atoms with Gasteiger partial charge < -0.3 is 14.6 Å². The molecular formula is C21H21ClN4O4. The van der Waals surface area contributed by atoms with Crippen molar-refractivity contribution in [2.75, 3.05) is 7.11 Å². The maximum absolute atomic E-state index is 13.3. The van der Waals surface area contributed by atoms with Crippen molar-refractivity contribution in [3.63, 3.8) is 0 Å². The number of halogens is 1. The molecule has 3 aromatic rings. The van der Waals surface area contributed by atoms with Gasteiger partial charge in [0.05, 0.1) is 29.3 Å². The van der Waals surface area contributed by atoms with E-state index in [1.54, 1.807) is 28.8 Å². The maximum Gasteiger partial charge on any atom is 0.333 e. The summed E-state index contributed by atoms with van der Waals surface area (Å²) < 4.78 is 14.1. The predicted molar refractivity (Wildman–Crippen MR) is 111 cm³/mol. The molecule has 1 saturated carbocycles. The van der Waals surface area contributed by atoms with Crippen LogP contribution in [0.15, 0.2) is 35.3 Å². The Bertz CT molecular complexity index is 1170. The highest BCUT2D eigenvalue weighted by atomic mass is 35.5. The second-order valence-corrected chi connectivity index (χ2v) is 7.70. The molecule has 0 unspecified atom stereocenters. The van der Waals surface area contributed by atoms with Crippen LogP contribution >= 0.6 is 11.6 Å². The second kappa shape index (κ2) is 8.38. The molecule has 0 atom stereocenters. The zero-order valence-corrected chi connectivity index (χ0v) is 17.2. The summed E-state index contributed by atoms with van der Waals surface area (Å²) in [7, 11) is 1.53. The summed E-state index contributed by atoms with van der Waals surface area (Å²) in [5.41, 5.74) is 1.15. The summed E-state index contributed by atoms with van der Waals surface area (Å²) in [6.45, 7) is -0.0586. The SMILES string of the molecule is COc1ccc(OCn2c(=O)n(C3CCC(O)CC3)c3ncc(C#N)cc32)cc1Cl. The number of hydrogen-bond donors (Lipinski definition) is 1. The number of ether oxygens (including phenoxy) is 2. The average Bonchev–Trinajstić information content (AvgIpc) is 3.03. The first kappa shape index (κ1) is 20.3. The molecule has 0 bridgehead atoms. The van der Waals surface area contributed by atoms with E-state index in [1.807, 2.05) is 0 Å². The molecule has 1 aliphatic rings. The first-order chi connectivity index (χ1) is 14.5. The van der Waals surface area contributed by atoms with E-state index in [1.165, 1.54) is 17.9 Å². The topological polar surface area (TPSA) is 102 Å². The largest absolute Gasteiger partial charge is 0.495 e. The van der Waals surface area contributed by atoms with Crippen LogP contribution in [0.1, 0.15) is 37.3 Å². The summed E-state index contributed by atoms with van der Waals surface area (Å²) >= 11 is 6.15. The minimum atomic E-state index is -0.327.